The predicted molar refractivity (Wildman–Crippen MR) is 174 cm³/mol. The Morgan fingerprint density at radius 1 is 0.745 bits per heavy atom. The topological polar surface area (TPSA) is 164 Å². The number of methoxy groups -OCH3 is 1. The Morgan fingerprint density at radius 3 is 1.51 bits per heavy atom. The van der Waals surface area contributed by atoms with E-state index in [1.54, 1.807) is 55.3 Å². The standard InChI is InChI=1S/C17H22N4O3.C16H20N4O3/c1-20-11-14(18-12-20)9-15(16(22)24-3)19-17(23)21(2)10-13-7-5-4-6-8-13;1-19-10-13(17-11-19)8-14(15(21)22)18-16(23)20(2)9-12-6-4-3-5-7-12/h4-8,11-12,15H,9-10H2,1-3H3,(H,19,23);3-7,10-11,14H,8-9H2,1-2H3,(H,18,23)(H,21,22). The molecular formula is C33H42N8O6. The summed E-state index contributed by atoms with van der Waals surface area (Å²) in [5.74, 6) is -1.58. The fourth-order valence-corrected chi connectivity index (χ4v) is 4.48. The number of ether oxygens (including phenoxy) is 1. The largest absolute Gasteiger partial charge is 0.480 e. The summed E-state index contributed by atoms with van der Waals surface area (Å²) in [6.45, 7) is 0.854. The van der Waals surface area contributed by atoms with Gasteiger partial charge in [0.25, 0.3) is 0 Å². The predicted octanol–water partition coefficient (Wildman–Crippen LogP) is 2.60. The second-order valence-electron chi connectivity index (χ2n) is 11.0. The van der Waals surface area contributed by atoms with Crippen molar-refractivity contribution in [1.82, 2.24) is 39.5 Å². The van der Waals surface area contributed by atoms with E-state index in [4.69, 9.17) is 4.74 Å². The number of carbonyl (C=O) groups excluding carboxylic acids is 3. The van der Waals surface area contributed by atoms with Gasteiger partial charge in [-0.3, -0.25) is 0 Å². The number of urea groups is 2. The van der Waals surface area contributed by atoms with E-state index >= 15 is 0 Å². The number of carboxylic acids is 1. The van der Waals surface area contributed by atoms with Crippen molar-refractivity contribution in [2.75, 3.05) is 21.2 Å². The molecule has 14 heteroatoms. The van der Waals surface area contributed by atoms with E-state index in [-0.39, 0.29) is 18.9 Å². The number of nitrogens with one attached hydrogen (secondary N) is 2. The Kier molecular flexibility index (Phi) is 13.5. The molecule has 0 bridgehead atoms. The molecule has 14 nitrogen and oxygen atoms in total. The highest BCUT2D eigenvalue weighted by atomic mass is 16.5. The molecule has 0 radical (unpaired) electrons. The van der Waals surface area contributed by atoms with Crippen LogP contribution in [0.5, 0.6) is 0 Å². The van der Waals surface area contributed by atoms with Crippen molar-refractivity contribution in [1.29, 1.82) is 0 Å². The number of esters is 1. The number of carbonyl (C=O) groups is 4. The molecule has 2 unspecified atom stereocenters. The number of hydrogen-bond acceptors (Lipinski definition) is 7. The molecule has 2 atom stereocenters. The molecule has 250 valence electrons. The molecule has 0 aliphatic carbocycles. The second-order valence-corrected chi connectivity index (χ2v) is 11.0. The van der Waals surface area contributed by atoms with Gasteiger partial charge in [-0.25, -0.2) is 29.1 Å². The van der Waals surface area contributed by atoms with Crippen LogP contribution in [0, 0.1) is 0 Å². The number of carboxylic acid groups (broad SMARTS) is 1. The van der Waals surface area contributed by atoms with Crippen LogP contribution in [-0.2, 0) is 54.4 Å². The van der Waals surface area contributed by atoms with E-state index in [2.05, 4.69) is 20.6 Å². The van der Waals surface area contributed by atoms with Gasteiger partial charge < -0.3 is 39.4 Å². The minimum atomic E-state index is -1.09. The summed E-state index contributed by atoms with van der Waals surface area (Å²) in [7, 11) is 8.25. The molecule has 4 rings (SSSR count). The number of amides is 4. The smallest absolute Gasteiger partial charge is 0.328 e. The summed E-state index contributed by atoms with van der Waals surface area (Å²) in [5.41, 5.74) is 3.31. The number of aliphatic carboxylic acids is 1. The fraction of sp³-hybridized carbons (Fsp3) is 0.333. The van der Waals surface area contributed by atoms with Gasteiger partial charge in [-0.1, -0.05) is 60.7 Å². The highest BCUT2D eigenvalue weighted by Gasteiger charge is 2.25. The second kappa shape index (κ2) is 17.7. The molecule has 2 aromatic carbocycles. The molecule has 3 N–H and O–H groups in total. The fourth-order valence-electron chi connectivity index (χ4n) is 4.48. The van der Waals surface area contributed by atoms with Gasteiger partial charge in [0.1, 0.15) is 12.1 Å². The molecule has 4 aromatic rings. The Morgan fingerprint density at radius 2 is 1.15 bits per heavy atom. The number of imidazole rings is 2. The lowest BCUT2D eigenvalue weighted by Crippen LogP contribution is -2.48. The van der Waals surface area contributed by atoms with Crippen molar-refractivity contribution in [3.63, 3.8) is 0 Å². The molecule has 0 saturated heterocycles. The van der Waals surface area contributed by atoms with Crippen LogP contribution in [0.15, 0.2) is 85.7 Å². The Bertz CT molecular complexity index is 1590. The Hall–Kier alpha value is -5.66. The maximum absolute atomic E-state index is 12.4. The molecule has 47 heavy (non-hydrogen) atoms. The van der Waals surface area contributed by atoms with Crippen molar-refractivity contribution >= 4 is 24.0 Å². The zero-order chi connectivity index (χ0) is 34.3. The lowest BCUT2D eigenvalue weighted by atomic mass is 10.1. The van der Waals surface area contributed by atoms with Gasteiger partial charge in [-0.2, -0.15) is 0 Å². The van der Waals surface area contributed by atoms with Crippen molar-refractivity contribution in [2.45, 2.75) is 38.0 Å². The van der Waals surface area contributed by atoms with Crippen LogP contribution in [0.25, 0.3) is 0 Å². The van der Waals surface area contributed by atoms with Crippen LogP contribution in [0.1, 0.15) is 22.5 Å². The van der Waals surface area contributed by atoms with Gasteiger partial charge in [0, 0.05) is 66.5 Å². The van der Waals surface area contributed by atoms with E-state index in [1.807, 2.05) is 67.7 Å². The molecule has 0 aliphatic rings. The number of benzene rings is 2. The van der Waals surface area contributed by atoms with Crippen LogP contribution >= 0.6 is 0 Å². The SMILES string of the molecule is CN(Cc1ccccc1)C(=O)NC(Cc1cn(C)cn1)C(=O)O.COC(=O)C(Cc1cn(C)cn1)NC(=O)N(C)Cc1ccccc1. The third-order valence-electron chi connectivity index (χ3n) is 6.94. The first-order valence-corrected chi connectivity index (χ1v) is 14.8. The Labute approximate surface area is 274 Å². The number of nitrogens with zero attached hydrogens (tertiary/aromatic N) is 6. The van der Waals surface area contributed by atoms with E-state index < -0.39 is 30.1 Å². The monoisotopic (exact) mass is 646 g/mol. The molecule has 2 aromatic heterocycles. The summed E-state index contributed by atoms with van der Waals surface area (Å²) < 4.78 is 8.30. The molecule has 4 amide bonds. The van der Waals surface area contributed by atoms with Gasteiger partial charge in [0.15, 0.2) is 0 Å². The lowest BCUT2D eigenvalue weighted by Gasteiger charge is -2.22. The first kappa shape index (κ1) is 35.8. The van der Waals surface area contributed by atoms with Crippen LogP contribution in [0.3, 0.4) is 0 Å². The molecular weight excluding hydrogens is 604 g/mol. The van der Waals surface area contributed by atoms with E-state index in [1.165, 1.54) is 16.9 Å². The molecule has 2 heterocycles. The summed E-state index contributed by atoms with van der Waals surface area (Å²) in [5, 5.41) is 14.5. The van der Waals surface area contributed by atoms with E-state index in [0.29, 0.717) is 24.5 Å². The van der Waals surface area contributed by atoms with Gasteiger partial charge in [-0.15, -0.1) is 0 Å². The van der Waals surface area contributed by atoms with Crippen molar-refractivity contribution in [2.24, 2.45) is 14.1 Å². The summed E-state index contributed by atoms with van der Waals surface area (Å²) in [6.07, 6.45) is 7.19. The highest BCUT2D eigenvalue weighted by molar-refractivity contribution is 5.84. The zero-order valence-corrected chi connectivity index (χ0v) is 27.2. The lowest BCUT2D eigenvalue weighted by molar-refractivity contribution is -0.143. The minimum absolute atomic E-state index is 0.140. The van der Waals surface area contributed by atoms with Gasteiger partial charge >= 0.3 is 24.0 Å². The van der Waals surface area contributed by atoms with Crippen molar-refractivity contribution in [3.8, 4) is 0 Å². The van der Waals surface area contributed by atoms with Crippen molar-refractivity contribution < 1.29 is 29.0 Å². The van der Waals surface area contributed by atoms with Gasteiger partial charge in [0.2, 0.25) is 0 Å². The molecule has 0 aliphatic heterocycles. The zero-order valence-electron chi connectivity index (χ0n) is 27.2. The molecule has 0 saturated carbocycles. The third-order valence-corrected chi connectivity index (χ3v) is 6.94. The van der Waals surface area contributed by atoms with Crippen LogP contribution in [0.4, 0.5) is 9.59 Å². The number of rotatable bonds is 12. The van der Waals surface area contributed by atoms with E-state index in [0.717, 1.165) is 11.1 Å². The first-order valence-electron chi connectivity index (χ1n) is 14.8. The van der Waals surface area contributed by atoms with Crippen LogP contribution < -0.4 is 10.6 Å². The minimum Gasteiger partial charge on any atom is -0.480 e. The van der Waals surface area contributed by atoms with Gasteiger partial charge in [-0.05, 0) is 11.1 Å². The maximum Gasteiger partial charge on any atom is 0.328 e. The van der Waals surface area contributed by atoms with Crippen LogP contribution in [-0.4, -0.2) is 91.3 Å². The average Bonchev–Trinajstić information content (AvgIpc) is 3.67. The average molecular weight is 647 g/mol. The van der Waals surface area contributed by atoms with Crippen LogP contribution in [0.2, 0.25) is 0 Å². The van der Waals surface area contributed by atoms with Crippen molar-refractivity contribution in [3.05, 3.63) is 108 Å². The van der Waals surface area contributed by atoms with Gasteiger partial charge in [0.05, 0.1) is 31.2 Å². The molecule has 0 fully saturated rings. The maximum atomic E-state index is 12.4. The third kappa shape index (κ3) is 12.0. The first-order chi connectivity index (χ1) is 22.4. The summed E-state index contributed by atoms with van der Waals surface area (Å²) in [4.78, 5) is 59.1. The Balaban J connectivity index is 0.000000256. The normalized spacial score (nSPS) is 11.7. The number of hydrogen-bond donors (Lipinski definition) is 3. The quantitative estimate of drug-likeness (QED) is 0.198. The molecule has 0 spiro atoms. The summed E-state index contributed by atoms with van der Waals surface area (Å²) in [6, 6.07) is 16.6. The number of aromatic nitrogens is 4. The summed E-state index contributed by atoms with van der Waals surface area (Å²) >= 11 is 0. The van der Waals surface area contributed by atoms with E-state index in [9.17, 15) is 24.3 Å². The highest BCUT2D eigenvalue weighted by Crippen LogP contribution is 2.07. The number of aryl methyl sites for hydroxylation is 2.